The fourth-order valence-corrected chi connectivity index (χ4v) is 2.44. The summed E-state index contributed by atoms with van der Waals surface area (Å²) in [6, 6.07) is 4.10. The molecule has 102 valence electrons. The highest BCUT2D eigenvalue weighted by atomic mass is 35.5. The Kier molecular flexibility index (Phi) is 8.03. The van der Waals surface area contributed by atoms with Crippen molar-refractivity contribution in [3.63, 3.8) is 0 Å². The molecule has 0 bridgehead atoms. The van der Waals surface area contributed by atoms with Gasteiger partial charge >= 0.3 is 0 Å². The molecule has 18 heavy (non-hydrogen) atoms. The van der Waals surface area contributed by atoms with Gasteiger partial charge in [0, 0.05) is 6.20 Å². The first-order valence-corrected chi connectivity index (χ1v) is 7.51. The molecule has 0 spiro atoms. The number of nitrogens with one attached hydrogen (secondary N) is 1. The summed E-state index contributed by atoms with van der Waals surface area (Å²) >= 11 is 6.21. The SMILES string of the molecule is CCCCCCCC(NCC)c1ncccc1Cl. The number of pyridine rings is 1. The highest BCUT2D eigenvalue weighted by Crippen LogP contribution is 2.24. The third-order valence-corrected chi connectivity index (χ3v) is 3.48. The lowest BCUT2D eigenvalue weighted by Crippen LogP contribution is -2.22. The van der Waals surface area contributed by atoms with Crippen molar-refractivity contribution in [2.45, 2.75) is 58.4 Å². The monoisotopic (exact) mass is 268 g/mol. The molecule has 3 heteroatoms. The summed E-state index contributed by atoms with van der Waals surface area (Å²) in [6.45, 7) is 5.32. The molecule has 0 aromatic carbocycles. The lowest BCUT2D eigenvalue weighted by Gasteiger charge is -2.18. The van der Waals surface area contributed by atoms with E-state index in [9.17, 15) is 0 Å². The Labute approximate surface area is 116 Å². The van der Waals surface area contributed by atoms with E-state index in [1.807, 2.05) is 18.3 Å². The Morgan fingerprint density at radius 2 is 2.00 bits per heavy atom. The van der Waals surface area contributed by atoms with Crippen LogP contribution in [0.3, 0.4) is 0 Å². The first-order chi connectivity index (χ1) is 8.79. The molecular formula is C15H25ClN2. The minimum atomic E-state index is 0.297. The summed E-state index contributed by atoms with van der Waals surface area (Å²) in [5, 5.41) is 4.26. The van der Waals surface area contributed by atoms with Crippen LogP contribution >= 0.6 is 11.6 Å². The molecule has 1 unspecified atom stereocenters. The normalized spacial score (nSPS) is 12.6. The van der Waals surface area contributed by atoms with E-state index in [4.69, 9.17) is 11.6 Å². The molecule has 1 aromatic rings. The van der Waals surface area contributed by atoms with Gasteiger partial charge in [-0.3, -0.25) is 4.98 Å². The van der Waals surface area contributed by atoms with Crippen LogP contribution in [0, 0.1) is 0 Å². The van der Waals surface area contributed by atoms with Crippen LogP contribution in [0.2, 0.25) is 5.02 Å². The van der Waals surface area contributed by atoms with Gasteiger partial charge in [-0.05, 0) is 25.1 Å². The van der Waals surface area contributed by atoms with Crippen LogP contribution in [0.25, 0.3) is 0 Å². The van der Waals surface area contributed by atoms with Gasteiger partial charge in [0.2, 0.25) is 0 Å². The van der Waals surface area contributed by atoms with Crippen LogP contribution in [0.4, 0.5) is 0 Å². The van der Waals surface area contributed by atoms with E-state index < -0.39 is 0 Å². The molecule has 2 nitrogen and oxygen atoms in total. The Hall–Kier alpha value is -0.600. The van der Waals surface area contributed by atoms with E-state index in [0.29, 0.717) is 6.04 Å². The van der Waals surface area contributed by atoms with E-state index >= 15 is 0 Å². The third kappa shape index (κ3) is 5.36. The van der Waals surface area contributed by atoms with Crippen LogP contribution in [0.5, 0.6) is 0 Å². The Morgan fingerprint density at radius 1 is 1.22 bits per heavy atom. The molecule has 1 N–H and O–H groups in total. The van der Waals surface area contributed by atoms with Gasteiger partial charge in [0.1, 0.15) is 0 Å². The standard InChI is InChI=1S/C15H25ClN2/c1-3-5-6-7-8-11-14(17-4-2)15-13(16)10-9-12-18-15/h9-10,12,14,17H,3-8,11H2,1-2H3. The lowest BCUT2D eigenvalue weighted by atomic mass is 10.0. The molecular weight excluding hydrogens is 244 g/mol. The summed E-state index contributed by atoms with van der Waals surface area (Å²) in [6.07, 6.45) is 9.46. The van der Waals surface area contributed by atoms with Crippen LogP contribution in [-0.2, 0) is 0 Å². The van der Waals surface area contributed by atoms with Gasteiger partial charge in [-0.25, -0.2) is 0 Å². The van der Waals surface area contributed by atoms with Crippen molar-refractivity contribution in [1.29, 1.82) is 0 Å². The van der Waals surface area contributed by atoms with E-state index in [-0.39, 0.29) is 0 Å². The van der Waals surface area contributed by atoms with Crippen LogP contribution in [0.15, 0.2) is 18.3 Å². The van der Waals surface area contributed by atoms with Crippen molar-refractivity contribution in [2.75, 3.05) is 6.54 Å². The van der Waals surface area contributed by atoms with E-state index in [1.54, 1.807) is 0 Å². The largest absolute Gasteiger partial charge is 0.309 e. The molecule has 0 fully saturated rings. The van der Waals surface area contributed by atoms with Gasteiger partial charge in [0.25, 0.3) is 0 Å². The summed E-state index contributed by atoms with van der Waals surface area (Å²) in [4.78, 5) is 4.42. The average Bonchev–Trinajstić information content (AvgIpc) is 2.38. The first kappa shape index (κ1) is 15.5. The summed E-state index contributed by atoms with van der Waals surface area (Å²) in [7, 11) is 0. The number of hydrogen-bond acceptors (Lipinski definition) is 2. The highest BCUT2D eigenvalue weighted by Gasteiger charge is 2.14. The summed E-state index contributed by atoms with van der Waals surface area (Å²) < 4.78 is 0. The van der Waals surface area contributed by atoms with Crippen molar-refractivity contribution in [1.82, 2.24) is 10.3 Å². The van der Waals surface area contributed by atoms with E-state index in [1.165, 1.54) is 32.1 Å². The number of unbranched alkanes of at least 4 members (excludes halogenated alkanes) is 4. The van der Waals surface area contributed by atoms with Crippen LogP contribution in [-0.4, -0.2) is 11.5 Å². The maximum absolute atomic E-state index is 6.21. The molecule has 0 radical (unpaired) electrons. The molecule has 1 rings (SSSR count). The van der Waals surface area contributed by atoms with Crippen molar-refractivity contribution in [3.05, 3.63) is 29.0 Å². The van der Waals surface area contributed by atoms with E-state index in [2.05, 4.69) is 24.1 Å². The van der Waals surface area contributed by atoms with Gasteiger partial charge in [-0.2, -0.15) is 0 Å². The minimum absolute atomic E-state index is 0.297. The predicted octanol–water partition coefficient (Wildman–Crippen LogP) is 4.75. The fraction of sp³-hybridized carbons (Fsp3) is 0.667. The number of aromatic nitrogens is 1. The second-order valence-electron chi connectivity index (χ2n) is 4.68. The Bertz CT molecular complexity index is 328. The zero-order chi connectivity index (χ0) is 13.2. The maximum Gasteiger partial charge on any atom is 0.0758 e. The molecule has 1 aromatic heterocycles. The average molecular weight is 269 g/mol. The quantitative estimate of drug-likeness (QED) is 0.654. The number of rotatable bonds is 9. The lowest BCUT2D eigenvalue weighted by molar-refractivity contribution is 0.470. The van der Waals surface area contributed by atoms with Gasteiger partial charge in [-0.15, -0.1) is 0 Å². The number of nitrogens with zero attached hydrogens (tertiary/aromatic N) is 1. The molecule has 0 aliphatic carbocycles. The van der Waals surface area contributed by atoms with Crippen LogP contribution in [0.1, 0.15) is 64.1 Å². The van der Waals surface area contributed by atoms with Crippen molar-refractivity contribution in [3.8, 4) is 0 Å². The fourth-order valence-electron chi connectivity index (χ4n) is 2.19. The summed E-state index contributed by atoms with van der Waals surface area (Å²) in [5.41, 5.74) is 0.997. The molecule has 1 atom stereocenters. The number of hydrogen-bond donors (Lipinski definition) is 1. The van der Waals surface area contributed by atoms with Gasteiger partial charge in [0.15, 0.2) is 0 Å². The van der Waals surface area contributed by atoms with Crippen molar-refractivity contribution in [2.24, 2.45) is 0 Å². The molecule has 0 saturated carbocycles. The predicted molar refractivity (Wildman–Crippen MR) is 79.0 cm³/mol. The molecule has 0 saturated heterocycles. The molecule has 0 aliphatic heterocycles. The van der Waals surface area contributed by atoms with Gasteiger partial charge in [0.05, 0.1) is 16.8 Å². The highest BCUT2D eigenvalue weighted by molar-refractivity contribution is 6.31. The molecule has 0 amide bonds. The second-order valence-corrected chi connectivity index (χ2v) is 5.09. The van der Waals surface area contributed by atoms with Crippen molar-refractivity contribution < 1.29 is 0 Å². The zero-order valence-corrected chi connectivity index (χ0v) is 12.3. The van der Waals surface area contributed by atoms with Crippen LogP contribution < -0.4 is 5.32 Å². The minimum Gasteiger partial charge on any atom is -0.309 e. The van der Waals surface area contributed by atoms with E-state index in [0.717, 1.165) is 23.7 Å². The number of halogens is 1. The smallest absolute Gasteiger partial charge is 0.0758 e. The molecule has 0 aliphatic rings. The van der Waals surface area contributed by atoms with Gasteiger partial charge < -0.3 is 5.32 Å². The third-order valence-electron chi connectivity index (χ3n) is 3.16. The van der Waals surface area contributed by atoms with Crippen molar-refractivity contribution >= 4 is 11.6 Å². The molecule has 1 heterocycles. The van der Waals surface area contributed by atoms with Gasteiger partial charge in [-0.1, -0.05) is 57.6 Å². The second kappa shape index (κ2) is 9.35. The Morgan fingerprint density at radius 3 is 2.67 bits per heavy atom. The topological polar surface area (TPSA) is 24.9 Å². The maximum atomic E-state index is 6.21. The first-order valence-electron chi connectivity index (χ1n) is 7.13. The Balaban J connectivity index is 2.47. The zero-order valence-electron chi connectivity index (χ0n) is 11.6. The summed E-state index contributed by atoms with van der Waals surface area (Å²) in [5.74, 6) is 0.